The minimum absolute atomic E-state index is 0.0954. The molecule has 0 aromatic carbocycles. The maximum Gasteiger partial charge on any atom is 0.226 e. The zero-order chi connectivity index (χ0) is 13.5. The van der Waals surface area contributed by atoms with Crippen molar-refractivity contribution in [3.63, 3.8) is 0 Å². The Morgan fingerprint density at radius 2 is 1.53 bits per heavy atom. The molecule has 3 nitrogen and oxygen atoms in total. The molecule has 2 saturated carbocycles. The molecule has 0 radical (unpaired) electrons. The highest BCUT2D eigenvalue weighted by atomic mass is 32.1. The SMILES string of the molecule is O=C(CC1CCCC1)NC(=S)NC1CCCCCC1. The number of carbonyl (C=O) groups excluding carboxylic acids is 1. The normalized spacial score (nSPS) is 21.9. The Labute approximate surface area is 121 Å². The predicted octanol–water partition coefficient (Wildman–Crippen LogP) is 3.28. The Morgan fingerprint density at radius 3 is 2.16 bits per heavy atom. The average Bonchev–Trinajstić information content (AvgIpc) is 2.72. The van der Waals surface area contributed by atoms with Crippen molar-refractivity contribution in [2.45, 2.75) is 76.7 Å². The molecule has 0 atom stereocenters. The first kappa shape index (κ1) is 14.8. The molecular formula is C15H26N2OS. The zero-order valence-corrected chi connectivity index (χ0v) is 12.6. The van der Waals surface area contributed by atoms with Crippen molar-refractivity contribution in [2.75, 3.05) is 0 Å². The number of carbonyl (C=O) groups is 1. The number of hydrogen-bond acceptors (Lipinski definition) is 2. The van der Waals surface area contributed by atoms with E-state index in [1.54, 1.807) is 0 Å². The molecule has 2 aliphatic carbocycles. The van der Waals surface area contributed by atoms with E-state index in [2.05, 4.69) is 10.6 Å². The van der Waals surface area contributed by atoms with Gasteiger partial charge in [0.1, 0.15) is 0 Å². The maximum atomic E-state index is 11.9. The molecule has 2 aliphatic rings. The molecule has 1 amide bonds. The van der Waals surface area contributed by atoms with E-state index >= 15 is 0 Å². The van der Waals surface area contributed by atoms with Gasteiger partial charge in [0, 0.05) is 12.5 Å². The number of rotatable bonds is 3. The quantitative estimate of drug-likeness (QED) is 0.616. The number of nitrogens with one attached hydrogen (secondary N) is 2. The van der Waals surface area contributed by atoms with Gasteiger partial charge < -0.3 is 10.6 Å². The Hall–Kier alpha value is -0.640. The van der Waals surface area contributed by atoms with E-state index in [9.17, 15) is 4.79 Å². The maximum absolute atomic E-state index is 11.9. The summed E-state index contributed by atoms with van der Waals surface area (Å²) >= 11 is 5.25. The van der Waals surface area contributed by atoms with Crippen LogP contribution in [-0.2, 0) is 4.79 Å². The van der Waals surface area contributed by atoms with Gasteiger partial charge in [0.2, 0.25) is 5.91 Å². The van der Waals surface area contributed by atoms with Crippen LogP contribution in [0.25, 0.3) is 0 Å². The summed E-state index contributed by atoms with van der Waals surface area (Å²) < 4.78 is 0. The average molecular weight is 282 g/mol. The van der Waals surface area contributed by atoms with Crippen molar-refractivity contribution in [3.05, 3.63) is 0 Å². The van der Waals surface area contributed by atoms with Gasteiger partial charge in [-0.05, 0) is 43.8 Å². The Bertz CT molecular complexity index is 305. The van der Waals surface area contributed by atoms with Gasteiger partial charge in [-0.15, -0.1) is 0 Å². The van der Waals surface area contributed by atoms with Gasteiger partial charge in [0.05, 0.1) is 0 Å². The Balaban J connectivity index is 1.66. The van der Waals surface area contributed by atoms with Crippen molar-refractivity contribution in [2.24, 2.45) is 5.92 Å². The first-order chi connectivity index (χ1) is 9.24. The molecule has 0 saturated heterocycles. The molecule has 0 spiro atoms. The summed E-state index contributed by atoms with van der Waals surface area (Å²) in [6.45, 7) is 0. The van der Waals surface area contributed by atoms with E-state index in [-0.39, 0.29) is 5.91 Å². The fraction of sp³-hybridized carbons (Fsp3) is 0.867. The topological polar surface area (TPSA) is 41.1 Å². The van der Waals surface area contributed by atoms with Crippen LogP contribution in [0.3, 0.4) is 0 Å². The van der Waals surface area contributed by atoms with Crippen LogP contribution in [0.1, 0.15) is 70.6 Å². The monoisotopic (exact) mass is 282 g/mol. The van der Waals surface area contributed by atoms with Gasteiger partial charge in [-0.25, -0.2) is 0 Å². The molecule has 4 heteroatoms. The summed E-state index contributed by atoms with van der Waals surface area (Å²) in [5.41, 5.74) is 0. The second kappa shape index (κ2) is 7.83. The van der Waals surface area contributed by atoms with Gasteiger partial charge >= 0.3 is 0 Å². The molecule has 0 aromatic rings. The first-order valence-electron chi connectivity index (χ1n) is 7.84. The lowest BCUT2D eigenvalue weighted by molar-refractivity contribution is -0.120. The minimum atomic E-state index is 0.0954. The third-order valence-electron chi connectivity index (χ3n) is 4.39. The van der Waals surface area contributed by atoms with E-state index < -0.39 is 0 Å². The van der Waals surface area contributed by atoms with Crippen LogP contribution < -0.4 is 10.6 Å². The van der Waals surface area contributed by atoms with Crippen molar-refractivity contribution in [1.82, 2.24) is 10.6 Å². The molecule has 108 valence electrons. The molecule has 19 heavy (non-hydrogen) atoms. The van der Waals surface area contributed by atoms with Crippen molar-refractivity contribution < 1.29 is 4.79 Å². The minimum Gasteiger partial charge on any atom is -0.360 e. The van der Waals surface area contributed by atoms with E-state index in [1.807, 2.05) is 0 Å². The third kappa shape index (κ3) is 5.47. The van der Waals surface area contributed by atoms with Gasteiger partial charge in [0.25, 0.3) is 0 Å². The largest absolute Gasteiger partial charge is 0.360 e. The lowest BCUT2D eigenvalue weighted by Gasteiger charge is -2.19. The predicted molar refractivity (Wildman–Crippen MR) is 81.9 cm³/mol. The highest BCUT2D eigenvalue weighted by molar-refractivity contribution is 7.80. The molecule has 2 fully saturated rings. The third-order valence-corrected chi connectivity index (χ3v) is 4.61. The second-order valence-electron chi connectivity index (χ2n) is 6.06. The van der Waals surface area contributed by atoms with Gasteiger partial charge in [-0.3, -0.25) is 4.79 Å². The molecule has 0 aliphatic heterocycles. The molecular weight excluding hydrogens is 256 g/mol. The summed E-state index contributed by atoms with van der Waals surface area (Å²) in [7, 11) is 0. The van der Waals surface area contributed by atoms with Crippen molar-refractivity contribution >= 4 is 23.2 Å². The van der Waals surface area contributed by atoms with E-state index in [1.165, 1.54) is 64.2 Å². The lowest BCUT2D eigenvalue weighted by atomic mass is 10.0. The summed E-state index contributed by atoms with van der Waals surface area (Å²) in [6, 6.07) is 0.460. The van der Waals surface area contributed by atoms with Gasteiger partial charge in [0.15, 0.2) is 5.11 Å². The highest BCUT2D eigenvalue weighted by Gasteiger charge is 2.19. The second-order valence-corrected chi connectivity index (χ2v) is 6.47. The molecule has 2 rings (SSSR count). The molecule has 0 unspecified atom stereocenters. The first-order valence-corrected chi connectivity index (χ1v) is 8.25. The fourth-order valence-electron chi connectivity index (χ4n) is 3.30. The summed E-state index contributed by atoms with van der Waals surface area (Å²) in [4.78, 5) is 11.9. The fourth-order valence-corrected chi connectivity index (χ4v) is 3.58. The molecule has 0 heterocycles. The molecule has 0 aromatic heterocycles. The van der Waals surface area contributed by atoms with E-state index in [0.29, 0.717) is 23.5 Å². The Kier molecular flexibility index (Phi) is 6.08. The van der Waals surface area contributed by atoms with Crippen LogP contribution in [-0.4, -0.2) is 17.1 Å². The van der Waals surface area contributed by atoms with Crippen LogP contribution in [0, 0.1) is 5.92 Å². The van der Waals surface area contributed by atoms with Crippen molar-refractivity contribution in [3.8, 4) is 0 Å². The van der Waals surface area contributed by atoms with Crippen LogP contribution in [0.2, 0.25) is 0 Å². The Morgan fingerprint density at radius 1 is 0.947 bits per heavy atom. The van der Waals surface area contributed by atoms with E-state index in [0.717, 1.165) is 0 Å². The molecule has 0 bridgehead atoms. The van der Waals surface area contributed by atoms with Gasteiger partial charge in [-0.2, -0.15) is 0 Å². The summed E-state index contributed by atoms with van der Waals surface area (Å²) in [5, 5.41) is 6.71. The van der Waals surface area contributed by atoms with Crippen LogP contribution in [0.5, 0.6) is 0 Å². The number of hydrogen-bond donors (Lipinski definition) is 2. The van der Waals surface area contributed by atoms with E-state index in [4.69, 9.17) is 12.2 Å². The van der Waals surface area contributed by atoms with Crippen LogP contribution in [0.15, 0.2) is 0 Å². The van der Waals surface area contributed by atoms with Gasteiger partial charge in [-0.1, -0.05) is 38.5 Å². The van der Waals surface area contributed by atoms with Crippen molar-refractivity contribution in [1.29, 1.82) is 0 Å². The van der Waals surface area contributed by atoms with Crippen LogP contribution in [0.4, 0.5) is 0 Å². The summed E-state index contributed by atoms with van der Waals surface area (Å²) in [5.74, 6) is 0.679. The highest BCUT2D eigenvalue weighted by Crippen LogP contribution is 2.27. The lowest BCUT2D eigenvalue weighted by Crippen LogP contribution is -2.44. The number of amides is 1. The van der Waals surface area contributed by atoms with Crippen LogP contribution >= 0.6 is 12.2 Å². The zero-order valence-electron chi connectivity index (χ0n) is 11.7. The smallest absolute Gasteiger partial charge is 0.226 e. The summed E-state index contributed by atoms with van der Waals surface area (Å²) in [6.07, 6.45) is 13.2. The number of thiocarbonyl (C=S) groups is 1. The molecule has 2 N–H and O–H groups in total. The standard InChI is InChI=1S/C15H26N2OS/c18-14(11-12-7-5-6-8-12)17-15(19)16-13-9-3-1-2-4-10-13/h12-13H,1-11H2,(H2,16,17,18,19).